The molecule has 0 unspecified atom stereocenters. The summed E-state index contributed by atoms with van der Waals surface area (Å²) in [5, 5.41) is 13.0. The van der Waals surface area contributed by atoms with Crippen LogP contribution in [0.3, 0.4) is 0 Å². The summed E-state index contributed by atoms with van der Waals surface area (Å²) in [6.45, 7) is 1.90. The van der Waals surface area contributed by atoms with Gasteiger partial charge in [0.1, 0.15) is 0 Å². The van der Waals surface area contributed by atoms with Crippen LogP contribution >= 0.6 is 0 Å². The third kappa shape index (κ3) is 3.59. The molecule has 0 bridgehead atoms. The maximum atomic E-state index is 9.48. The average molecular weight is 272 g/mol. The van der Waals surface area contributed by atoms with Crippen LogP contribution in [0, 0.1) is 11.3 Å². The van der Waals surface area contributed by atoms with Crippen LogP contribution in [-0.4, -0.2) is 26.3 Å². The van der Waals surface area contributed by atoms with Crippen molar-refractivity contribution in [1.29, 1.82) is 5.26 Å². The topological polar surface area (TPSA) is 45.0 Å². The van der Waals surface area contributed by atoms with Crippen LogP contribution in [0.4, 0.5) is 0 Å². The molecule has 1 saturated carbocycles. The van der Waals surface area contributed by atoms with Gasteiger partial charge in [-0.3, -0.25) is 0 Å². The number of nitriles is 1. The molecule has 108 valence electrons. The van der Waals surface area contributed by atoms with Gasteiger partial charge in [-0.15, -0.1) is 0 Å². The second-order valence-electron chi connectivity index (χ2n) is 5.67. The van der Waals surface area contributed by atoms with Crippen molar-refractivity contribution in [2.24, 2.45) is 0 Å². The first kappa shape index (κ1) is 15.0. The molecule has 1 fully saturated rings. The van der Waals surface area contributed by atoms with Gasteiger partial charge in [-0.05, 0) is 44.2 Å². The van der Waals surface area contributed by atoms with Crippen molar-refractivity contribution in [1.82, 2.24) is 5.32 Å². The summed E-state index contributed by atoms with van der Waals surface area (Å²) in [5.41, 5.74) is 0.912. The highest BCUT2D eigenvalue weighted by Gasteiger charge is 2.45. The summed E-state index contributed by atoms with van der Waals surface area (Å²) in [5.74, 6) is 0. The number of methoxy groups -OCH3 is 1. The molecule has 0 heterocycles. The Morgan fingerprint density at radius 3 is 2.65 bits per heavy atom. The molecule has 2 rings (SSSR count). The zero-order valence-electron chi connectivity index (χ0n) is 12.3. The van der Waals surface area contributed by atoms with E-state index < -0.39 is 0 Å². The third-order valence-corrected chi connectivity index (χ3v) is 4.19. The summed E-state index contributed by atoms with van der Waals surface area (Å²) < 4.78 is 5.04. The number of benzene rings is 1. The van der Waals surface area contributed by atoms with Gasteiger partial charge in [-0.2, -0.15) is 5.26 Å². The van der Waals surface area contributed by atoms with Gasteiger partial charge in [0, 0.05) is 19.8 Å². The Hall–Kier alpha value is -1.37. The van der Waals surface area contributed by atoms with Gasteiger partial charge in [0.05, 0.1) is 11.5 Å². The van der Waals surface area contributed by atoms with Crippen LogP contribution in [-0.2, 0) is 10.2 Å². The second-order valence-corrected chi connectivity index (χ2v) is 5.67. The van der Waals surface area contributed by atoms with Crippen LogP contribution in [0.5, 0.6) is 0 Å². The SMILES string of the molecule is COCCCCCNC1CC(C#N)(c2ccccc2)C1. The van der Waals surface area contributed by atoms with E-state index in [4.69, 9.17) is 4.74 Å². The summed E-state index contributed by atoms with van der Waals surface area (Å²) in [7, 11) is 1.75. The second kappa shape index (κ2) is 7.42. The van der Waals surface area contributed by atoms with Crippen molar-refractivity contribution in [3.63, 3.8) is 0 Å². The van der Waals surface area contributed by atoms with Crippen LogP contribution in [0.15, 0.2) is 30.3 Å². The van der Waals surface area contributed by atoms with Gasteiger partial charge in [-0.25, -0.2) is 0 Å². The van der Waals surface area contributed by atoms with E-state index in [1.54, 1.807) is 7.11 Å². The van der Waals surface area contributed by atoms with Gasteiger partial charge < -0.3 is 10.1 Å². The van der Waals surface area contributed by atoms with Gasteiger partial charge >= 0.3 is 0 Å². The van der Waals surface area contributed by atoms with Crippen molar-refractivity contribution in [3.05, 3.63) is 35.9 Å². The molecular formula is C17H24N2O. The molecule has 1 aromatic rings. The van der Waals surface area contributed by atoms with Crippen molar-refractivity contribution >= 4 is 0 Å². The van der Waals surface area contributed by atoms with Crippen LogP contribution in [0.1, 0.15) is 37.7 Å². The van der Waals surface area contributed by atoms with Crippen LogP contribution in [0.25, 0.3) is 0 Å². The molecule has 0 radical (unpaired) electrons. The number of ether oxygens (including phenoxy) is 1. The fourth-order valence-corrected chi connectivity index (χ4v) is 2.93. The standard InChI is InChI=1S/C17H24N2O/c1-20-11-7-3-6-10-19-16-12-17(13-16,14-18)15-8-4-2-5-9-15/h2,4-5,8-9,16,19H,3,6-7,10-13H2,1H3. The zero-order valence-corrected chi connectivity index (χ0v) is 12.3. The normalized spacial score (nSPS) is 24.9. The molecule has 3 heteroatoms. The Morgan fingerprint density at radius 2 is 2.00 bits per heavy atom. The molecule has 1 aliphatic carbocycles. The maximum Gasteiger partial charge on any atom is 0.0852 e. The van der Waals surface area contributed by atoms with Gasteiger partial charge in [-0.1, -0.05) is 30.3 Å². The number of nitrogens with one attached hydrogen (secondary N) is 1. The minimum absolute atomic E-state index is 0.255. The summed E-state index contributed by atoms with van der Waals surface area (Å²) in [6.07, 6.45) is 5.40. The average Bonchev–Trinajstić information content (AvgIpc) is 2.46. The number of unbranched alkanes of at least 4 members (excludes halogenated alkanes) is 2. The van der Waals surface area contributed by atoms with Crippen LogP contribution < -0.4 is 5.32 Å². The molecule has 0 atom stereocenters. The first-order valence-electron chi connectivity index (χ1n) is 7.50. The first-order valence-corrected chi connectivity index (χ1v) is 7.50. The lowest BCUT2D eigenvalue weighted by Crippen LogP contribution is -2.51. The van der Waals surface area contributed by atoms with Gasteiger partial charge in [0.15, 0.2) is 0 Å². The highest BCUT2D eigenvalue weighted by atomic mass is 16.5. The Kier molecular flexibility index (Phi) is 5.58. The first-order chi connectivity index (χ1) is 9.80. The third-order valence-electron chi connectivity index (χ3n) is 4.19. The van der Waals surface area contributed by atoms with Crippen molar-refractivity contribution in [2.45, 2.75) is 43.6 Å². The number of hydrogen-bond acceptors (Lipinski definition) is 3. The maximum absolute atomic E-state index is 9.48. The fraction of sp³-hybridized carbons (Fsp3) is 0.588. The molecule has 3 nitrogen and oxygen atoms in total. The lowest BCUT2D eigenvalue weighted by atomic mass is 9.62. The molecule has 1 N–H and O–H groups in total. The zero-order chi connectivity index (χ0) is 14.3. The highest BCUT2D eigenvalue weighted by Crippen LogP contribution is 2.43. The molecule has 0 spiro atoms. The predicted molar refractivity (Wildman–Crippen MR) is 80.5 cm³/mol. The van der Waals surface area contributed by atoms with Crippen molar-refractivity contribution in [2.75, 3.05) is 20.3 Å². The summed E-state index contributed by atoms with van der Waals surface area (Å²) >= 11 is 0. The molecule has 20 heavy (non-hydrogen) atoms. The Labute approximate surface area is 121 Å². The van der Waals surface area contributed by atoms with E-state index in [2.05, 4.69) is 23.5 Å². The minimum Gasteiger partial charge on any atom is -0.385 e. The monoisotopic (exact) mass is 272 g/mol. The van der Waals surface area contributed by atoms with Gasteiger partial charge in [0.25, 0.3) is 0 Å². The van der Waals surface area contributed by atoms with E-state index in [-0.39, 0.29) is 5.41 Å². The minimum atomic E-state index is -0.255. The van der Waals surface area contributed by atoms with E-state index >= 15 is 0 Å². The van der Waals surface area contributed by atoms with Crippen molar-refractivity contribution in [3.8, 4) is 6.07 Å². The molecule has 0 aliphatic heterocycles. The molecule has 0 aromatic heterocycles. The van der Waals surface area contributed by atoms with Gasteiger partial charge in [0.2, 0.25) is 0 Å². The number of rotatable bonds is 8. The molecule has 1 aliphatic rings. The quantitative estimate of drug-likeness (QED) is 0.740. The van der Waals surface area contributed by atoms with E-state index in [1.807, 2.05) is 18.2 Å². The van der Waals surface area contributed by atoms with E-state index in [1.165, 1.54) is 18.4 Å². The predicted octanol–water partition coefficient (Wildman–Crippen LogP) is 3.02. The van der Waals surface area contributed by atoms with Crippen LogP contribution in [0.2, 0.25) is 0 Å². The highest BCUT2D eigenvalue weighted by molar-refractivity contribution is 5.36. The summed E-state index contributed by atoms with van der Waals surface area (Å²) in [4.78, 5) is 0. The smallest absolute Gasteiger partial charge is 0.0852 e. The number of nitrogens with zero attached hydrogens (tertiary/aromatic N) is 1. The molecule has 0 saturated heterocycles. The molecular weight excluding hydrogens is 248 g/mol. The lowest BCUT2D eigenvalue weighted by molar-refractivity contribution is 0.190. The van der Waals surface area contributed by atoms with E-state index in [0.29, 0.717) is 6.04 Å². The number of hydrogen-bond donors (Lipinski definition) is 1. The molecule has 1 aromatic carbocycles. The Morgan fingerprint density at radius 1 is 1.25 bits per heavy atom. The Balaban J connectivity index is 1.69. The van der Waals surface area contributed by atoms with E-state index in [9.17, 15) is 5.26 Å². The lowest BCUT2D eigenvalue weighted by Gasteiger charge is -2.43. The van der Waals surface area contributed by atoms with Crippen molar-refractivity contribution < 1.29 is 4.74 Å². The van der Waals surface area contributed by atoms with E-state index in [0.717, 1.165) is 32.4 Å². The molecule has 0 amide bonds. The summed E-state index contributed by atoms with van der Waals surface area (Å²) in [6, 6.07) is 13.2. The fourth-order valence-electron chi connectivity index (χ4n) is 2.93. The largest absolute Gasteiger partial charge is 0.385 e. The Bertz CT molecular complexity index is 432.